The van der Waals surface area contributed by atoms with Crippen LogP contribution in [0.4, 0.5) is 0 Å². The summed E-state index contributed by atoms with van der Waals surface area (Å²) in [6, 6.07) is 0.878. The van der Waals surface area contributed by atoms with Crippen molar-refractivity contribution in [3.05, 3.63) is 0 Å². The molecular formula is C19H39N. The third kappa shape index (κ3) is 4.76. The van der Waals surface area contributed by atoms with Crippen molar-refractivity contribution in [3.63, 3.8) is 0 Å². The van der Waals surface area contributed by atoms with Gasteiger partial charge in [-0.1, -0.05) is 47.5 Å². The molecule has 0 N–H and O–H groups in total. The Morgan fingerprint density at radius 3 is 2.10 bits per heavy atom. The van der Waals surface area contributed by atoms with Crippen LogP contribution in [0.1, 0.15) is 86.0 Å². The van der Waals surface area contributed by atoms with Gasteiger partial charge in [-0.2, -0.15) is 0 Å². The van der Waals surface area contributed by atoms with E-state index in [1.165, 1.54) is 45.1 Å². The molecular weight excluding hydrogens is 242 g/mol. The van der Waals surface area contributed by atoms with Gasteiger partial charge in [0, 0.05) is 12.6 Å². The quantitative estimate of drug-likeness (QED) is 0.621. The molecule has 0 aromatic heterocycles. The number of rotatable bonds is 5. The Hall–Kier alpha value is -0.0400. The van der Waals surface area contributed by atoms with Crippen molar-refractivity contribution in [2.45, 2.75) is 92.0 Å². The Morgan fingerprint density at radius 2 is 1.65 bits per heavy atom. The van der Waals surface area contributed by atoms with Gasteiger partial charge in [-0.25, -0.2) is 0 Å². The molecule has 20 heavy (non-hydrogen) atoms. The van der Waals surface area contributed by atoms with Gasteiger partial charge in [-0.15, -0.1) is 0 Å². The number of hydrogen-bond donors (Lipinski definition) is 0. The predicted molar refractivity (Wildman–Crippen MR) is 91.1 cm³/mol. The lowest BCUT2D eigenvalue weighted by Crippen LogP contribution is -2.45. The van der Waals surface area contributed by atoms with Crippen LogP contribution in [0.2, 0.25) is 0 Å². The summed E-state index contributed by atoms with van der Waals surface area (Å²) in [4.78, 5) is 2.62. The molecule has 2 rings (SSSR count). The topological polar surface area (TPSA) is 3.24 Å². The fourth-order valence-corrected chi connectivity index (χ4v) is 4.57. The Bertz CT molecular complexity index is 242. The van der Waals surface area contributed by atoms with Gasteiger partial charge in [0.2, 0.25) is 0 Å². The van der Waals surface area contributed by atoms with E-state index in [9.17, 15) is 0 Å². The lowest BCUT2D eigenvalue weighted by molar-refractivity contribution is -0.0133. The van der Waals surface area contributed by atoms with Crippen LogP contribution in [0.15, 0.2) is 0 Å². The van der Waals surface area contributed by atoms with E-state index in [0.717, 1.165) is 23.3 Å². The van der Waals surface area contributed by atoms with Crippen molar-refractivity contribution in [1.29, 1.82) is 0 Å². The van der Waals surface area contributed by atoms with Crippen LogP contribution in [-0.4, -0.2) is 24.5 Å². The Morgan fingerprint density at radius 1 is 1.10 bits per heavy atom. The van der Waals surface area contributed by atoms with Gasteiger partial charge in [0.1, 0.15) is 0 Å². The lowest BCUT2D eigenvalue weighted by atomic mass is 9.54. The molecule has 1 heteroatoms. The van der Waals surface area contributed by atoms with Crippen molar-refractivity contribution < 1.29 is 0 Å². The molecule has 0 aromatic carbocycles. The van der Waals surface area contributed by atoms with E-state index in [1.54, 1.807) is 12.8 Å². The minimum Gasteiger partial charge on any atom is -0.303 e. The molecule has 0 atom stereocenters. The summed E-state index contributed by atoms with van der Waals surface area (Å²) in [6.07, 6.45) is 11.9. The van der Waals surface area contributed by atoms with Gasteiger partial charge in [0.25, 0.3) is 0 Å². The van der Waals surface area contributed by atoms with Crippen LogP contribution in [0.5, 0.6) is 0 Å². The molecule has 2 fully saturated rings. The molecule has 2 aliphatic carbocycles. The average Bonchev–Trinajstić information content (AvgIpc) is 2.39. The van der Waals surface area contributed by atoms with Gasteiger partial charge < -0.3 is 4.90 Å². The SMILES string of the molecule is CC.CCCC1CC2(CCC(N(C)CC(C)C)CC2)C1. The second-order valence-corrected chi connectivity index (χ2v) is 7.63. The molecule has 0 radical (unpaired) electrons. The molecule has 0 aliphatic heterocycles. The molecule has 0 bridgehead atoms. The molecule has 2 saturated carbocycles. The second-order valence-electron chi connectivity index (χ2n) is 7.63. The summed E-state index contributed by atoms with van der Waals surface area (Å²) in [7, 11) is 2.34. The summed E-state index contributed by atoms with van der Waals surface area (Å²) < 4.78 is 0. The highest BCUT2D eigenvalue weighted by molar-refractivity contribution is 4.97. The minimum atomic E-state index is 0.801. The first kappa shape index (κ1) is 18.0. The van der Waals surface area contributed by atoms with Crippen LogP contribution >= 0.6 is 0 Å². The van der Waals surface area contributed by atoms with E-state index in [0.29, 0.717) is 0 Å². The van der Waals surface area contributed by atoms with Gasteiger partial charge in [0.05, 0.1) is 0 Å². The van der Waals surface area contributed by atoms with E-state index < -0.39 is 0 Å². The maximum absolute atomic E-state index is 2.62. The summed E-state index contributed by atoms with van der Waals surface area (Å²) in [5.74, 6) is 1.89. The molecule has 0 unspecified atom stereocenters. The van der Waals surface area contributed by atoms with Crippen molar-refractivity contribution in [3.8, 4) is 0 Å². The van der Waals surface area contributed by atoms with E-state index in [-0.39, 0.29) is 0 Å². The highest BCUT2D eigenvalue weighted by Gasteiger charge is 2.45. The Balaban J connectivity index is 0.000000956. The lowest BCUT2D eigenvalue weighted by Gasteiger charge is -2.53. The predicted octanol–water partition coefficient (Wildman–Crippen LogP) is 5.74. The van der Waals surface area contributed by atoms with Crippen molar-refractivity contribution in [2.24, 2.45) is 17.3 Å². The Kier molecular flexibility index (Phi) is 7.58. The van der Waals surface area contributed by atoms with Gasteiger partial charge in [-0.05, 0) is 62.8 Å². The van der Waals surface area contributed by atoms with Gasteiger partial charge >= 0.3 is 0 Å². The molecule has 2 aliphatic rings. The molecule has 1 nitrogen and oxygen atoms in total. The first-order valence-corrected chi connectivity index (χ1v) is 9.25. The molecule has 120 valence electrons. The highest BCUT2D eigenvalue weighted by atomic mass is 15.1. The van der Waals surface area contributed by atoms with Gasteiger partial charge in [-0.3, -0.25) is 0 Å². The van der Waals surface area contributed by atoms with Crippen molar-refractivity contribution >= 4 is 0 Å². The van der Waals surface area contributed by atoms with E-state index >= 15 is 0 Å². The maximum atomic E-state index is 2.62. The smallest absolute Gasteiger partial charge is 0.00927 e. The molecule has 1 spiro atoms. The van der Waals surface area contributed by atoms with E-state index in [2.05, 4.69) is 32.7 Å². The number of hydrogen-bond acceptors (Lipinski definition) is 1. The van der Waals surface area contributed by atoms with Crippen molar-refractivity contribution in [2.75, 3.05) is 13.6 Å². The zero-order valence-electron chi connectivity index (χ0n) is 15.0. The molecule has 0 heterocycles. The molecule has 0 saturated heterocycles. The molecule has 0 aromatic rings. The van der Waals surface area contributed by atoms with Crippen LogP contribution in [0, 0.1) is 17.3 Å². The van der Waals surface area contributed by atoms with Crippen LogP contribution < -0.4 is 0 Å². The normalized spacial score (nSPS) is 33.0. The number of nitrogens with zero attached hydrogens (tertiary/aromatic N) is 1. The van der Waals surface area contributed by atoms with Crippen molar-refractivity contribution in [1.82, 2.24) is 4.90 Å². The second kappa shape index (κ2) is 8.41. The average molecular weight is 282 g/mol. The Labute approximate surface area is 128 Å². The fraction of sp³-hybridized carbons (Fsp3) is 1.00. The zero-order valence-corrected chi connectivity index (χ0v) is 15.0. The zero-order chi connectivity index (χ0) is 15.2. The first-order valence-electron chi connectivity index (χ1n) is 9.25. The maximum Gasteiger partial charge on any atom is 0.00927 e. The van der Waals surface area contributed by atoms with Crippen LogP contribution in [0.3, 0.4) is 0 Å². The van der Waals surface area contributed by atoms with E-state index in [4.69, 9.17) is 0 Å². The standard InChI is InChI=1S/C17H33N.C2H6/c1-5-6-15-11-17(12-15)9-7-16(8-10-17)18(4)13-14(2)3;1-2/h14-16H,5-13H2,1-4H3;1-2H3. The third-order valence-electron chi connectivity index (χ3n) is 5.43. The third-order valence-corrected chi connectivity index (χ3v) is 5.43. The summed E-state index contributed by atoms with van der Waals surface area (Å²) in [6.45, 7) is 12.3. The largest absolute Gasteiger partial charge is 0.303 e. The van der Waals surface area contributed by atoms with Crippen LogP contribution in [-0.2, 0) is 0 Å². The summed E-state index contributed by atoms with van der Waals surface area (Å²) in [5, 5.41) is 0. The highest BCUT2D eigenvalue weighted by Crippen LogP contribution is 2.56. The summed E-state index contributed by atoms with van der Waals surface area (Å²) >= 11 is 0. The fourth-order valence-electron chi connectivity index (χ4n) is 4.57. The monoisotopic (exact) mass is 281 g/mol. The van der Waals surface area contributed by atoms with Crippen LogP contribution in [0.25, 0.3) is 0 Å². The van der Waals surface area contributed by atoms with E-state index in [1.807, 2.05) is 13.8 Å². The minimum absolute atomic E-state index is 0.801. The summed E-state index contributed by atoms with van der Waals surface area (Å²) in [5.41, 5.74) is 0.801. The van der Waals surface area contributed by atoms with Gasteiger partial charge in [0.15, 0.2) is 0 Å². The molecule has 0 amide bonds. The first-order chi connectivity index (χ1) is 9.54.